The van der Waals surface area contributed by atoms with Crippen LogP contribution in [-0.2, 0) is 11.3 Å². The third-order valence-corrected chi connectivity index (χ3v) is 6.42. The monoisotopic (exact) mass is 358 g/mol. The molecule has 25 heavy (non-hydrogen) atoms. The highest BCUT2D eigenvalue weighted by atomic mass is 32.2. The van der Waals surface area contributed by atoms with E-state index in [0.717, 1.165) is 50.8 Å². The van der Waals surface area contributed by atoms with E-state index in [2.05, 4.69) is 40.2 Å². The van der Waals surface area contributed by atoms with Gasteiger partial charge in [-0.3, -0.25) is 4.90 Å². The van der Waals surface area contributed by atoms with E-state index >= 15 is 0 Å². The summed E-state index contributed by atoms with van der Waals surface area (Å²) in [6.45, 7) is 5.70. The van der Waals surface area contributed by atoms with Gasteiger partial charge in [0.05, 0.1) is 24.6 Å². The highest BCUT2D eigenvalue weighted by molar-refractivity contribution is 7.99. The number of benzene rings is 1. The molecule has 0 saturated carbocycles. The molecule has 6 heteroatoms. The number of para-hydroxylation sites is 1. The molecule has 2 aliphatic rings. The number of morpholine rings is 1. The molecule has 3 heterocycles. The molecule has 1 atom stereocenters. The van der Waals surface area contributed by atoms with Crippen LogP contribution in [0.1, 0.15) is 12.1 Å². The molecule has 4 rings (SSSR count). The molecular formula is C19H26N4OS. The highest BCUT2D eigenvalue weighted by Gasteiger charge is 2.40. The number of hydrogen-bond donors (Lipinski definition) is 1. The van der Waals surface area contributed by atoms with Gasteiger partial charge in [-0.05, 0) is 30.4 Å². The molecule has 5 nitrogen and oxygen atoms in total. The van der Waals surface area contributed by atoms with Crippen molar-refractivity contribution in [1.82, 2.24) is 20.0 Å². The Balaban J connectivity index is 1.35. The number of rotatable bonds is 6. The average molecular weight is 359 g/mol. The first kappa shape index (κ1) is 17.1. The molecule has 2 aromatic rings. The Hall–Kier alpha value is -1.34. The zero-order valence-corrected chi connectivity index (χ0v) is 15.4. The predicted octanol–water partition coefficient (Wildman–Crippen LogP) is 2.17. The van der Waals surface area contributed by atoms with Gasteiger partial charge in [-0.25, -0.2) is 4.68 Å². The lowest BCUT2D eigenvalue weighted by Crippen LogP contribution is -2.58. The number of nitrogens with one attached hydrogen (secondary N) is 1. The van der Waals surface area contributed by atoms with Crippen molar-refractivity contribution >= 4 is 11.8 Å². The normalized spacial score (nSPS) is 24.6. The van der Waals surface area contributed by atoms with Gasteiger partial charge in [0, 0.05) is 43.7 Å². The van der Waals surface area contributed by atoms with Crippen molar-refractivity contribution < 1.29 is 4.74 Å². The summed E-state index contributed by atoms with van der Waals surface area (Å²) in [7, 11) is 0. The third kappa shape index (κ3) is 3.92. The largest absolute Gasteiger partial charge is 0.379 e. The lowest BCUT2D eigenvalue weighted by atomic mass is 9.95. The van der Waals surface area contributed by atoms with Crippen LogP contribution in [0.2, 0.25) is 0 Å². The minimum atomic E-state index is 0.288. The van der Waals surface area contributed by atoms with Crippen LogP contribution >= 0.6 is 11.8 Å². The molecule has 1 aromatic heterocycles. The van der Waals surface area contributed by atoms with Gasteiger partial charge >= 0.3 is 0 Å². The first-order valence-corrected chi connectivity index (χ1v) is 10.2. The summed E-state index contributed by atoms with van der Waals surface area (Å²) in [6, 6.07) is 12.4. The second-order valence-electron chi connectivity index (χ2n) is 6.82. The molecular weight excluding hydrogens is 332 g/mol. The van der Waals surface area contributed by atoms with Gasteiger partial charge in [-0.1, -0.05) is 18.2 Å². The first-order chi connectivity index (χ1) is 12.4. The van der Waals surface area contributed by atoms with Gasteiger partial charge in [0.2, 0.25) is 0 Å². The molecule has 1 N–H and O–H groups in total. The molecule has 0 radical (unpaired) electrons. The fraction of sp³-hybridized carbons (Fsp3) is 0.526. The van der Waals surface area contributed by atoms with Crippen LogP contribution in [0.4, 0.5) is 0 Å². The van der Waals surface area contributed by atoms with E-state index in [1.54, 1.807) is 0 Å². The summed E-state index contributed by atoms with van der Waals surface area (Å²) in [5, 5.41) is 8.37. The minimum absolute atomic E-state index is 0.288. The summed E-state index contributed by atoms with van der Waals surface area (Å²) >= 11 is 2.08. The molecule has 2 aliphatic heterocycles. The topological polar surface area (TPSA) is 42.3 Å². The van der Waals surface area contributed by atoms with Gasteiger partial charge in [0.25, 0.3) is 0 Å². The second kappa shape index (κ2) is 7.91. The quantitative estimate of drug-likeness (QED) is 0.857. The fourth-order valence-corrected chi connectivity index (χ4v) is 5.22. The number of aromatic nitrogens is 2. The maximum Gasteiger partial charge on any atom is 0.0766 e. The number of ether oxygens (including phenoxy) is 1. The number of thioether (sulfide) groups is 1. The van der Waals surface area contributed by atoms with Crippen LogP contribution < -0.4 is 5.32 Å². The number of hydrogen-bond acceptors (Lipinski definition) is 5. The molecule has 2 saturated heterocycles. The molecule has 134 valence electrons. The van der Waals surface area contributed by atoms with Crippen LogP contribution in [0, 0.1) is 0 Å². The smallest absolute Gasteiger partial charge is 0.0766 e. The standard InChI is InChI=1S/C19H26N4OS/c1-2-4-18(5-3-1)23-8-6-17(21-23)14-20-15-19(7-13-25-16-19)22-9-11-24-12-10-22/h1-6,8,20H,7,9-16H2/t19-/m0/s1. The SMILES string of the molecule is c1ccc(-n2ccc(CNC[C@@]3(N4CCOCC4)CCSC3)n2)cc1. The molecule has 0 amide bonds. The maximum absolute atomic E-state index is 5.54. The van der Waals surface area contributed by atoms with Gasteiger partial charge < -0.3 is 10.1 Å². The second-order valence-corrected chi connectivity index (χ2v) is 7.92. The van der Waals surface area contributed by atoms with Crippen LogP contribution in [0.25, 0.3) is 5.69 Å². The Labute approximate surface area is 153 Å². The summed E-state index contributed by atoms with van der Waals surface area (Å²) in [6.07, 6.45) is 3.30. The molecule has 1 aromatic carbocycles. The van der Waals surface area contributed by atoms with Crippen molar-refractivity contribution in [3.63, 3.8) is 0 Å². The van der Waals surface area contributed by atoms with Crippen molar-refractivity contribution in [3.05, 3.63) is 48.3 Å². The number of nitrogens with zero attached hydrogens (tertiary/aromatic N) is 3. The van der Waals surface area contributed by atoms with Crippen LogP contribution in [0.3, 0.4) is 0 Å². The average Bonchev–Trinajstić information content (AvgIpc) is 3.34. The lowest BCUT2D eigenvalue weighted by molar-refractivity contribution is -0.0134. The Kier molecular flexibility index (Phi) is 5.41. The van der Waals surface area contributed by atoms with E-state index in [9.17, 15) is 0 Å². The van der Waals surface area contributed by atoms with E-state index in [0.29, 0.717) is 0 Å². The van der Waals surface area contributed by atoms with E-state index in [1.165, 1.54) is 17.9 Å². The Bertz CT molecular complexity index is 663. The first-order valence-electron chi connectivity index (χ1n) is 9.07. The predicted molar refractivity (Wildman–Crippen MR) is 102 cm³/mol. The van der Waals surface area contributed by atoms with Gasteiger partial charge in [0.15, 0.2) is 0 Å². The summed E-state index contributed by atoms with van der Waals surface area (Å²) < 4.78 is 7.49. The zero-order chi connectivity index (χ0) is 17.0. The Morgan fingerprint density at radius 3 is 2.76 bits per heavy atom. The molecule has 0 aliphatic carbocycles. The van der Waals surface area contributed by atoms with Crippen LogP contribution in [-0.4, -0.2) is 64.6 Å². The lowest BCUT2D eigenvalue weighted by Gasteiger charge is -2.43. The Morgan fingerprint density at radius 2 is 2.00 bits per heavy atom. The van der Waals surface area contributed by atoms with Crippen molar-refractivity contribution in [2.24, 2.45) is 0 Å². The summed E-state index contributed by atoms with van der Waals surface area (Å²) in [5.41, 5.74) is 2.48. The van der Waals surface area contributed by atoms with E-state index in [1.807, 2.05) is 29.1 Å². The molecule has 2 fully saturated rings. The fourth-order valence-electron chi connectivity index (χ4n) is 3.74. The molecule has 0 bridgehead atoms. The van der Waals surface area contributed by atoms with E-state index in [4.69, 9.17) is 9.84 Å². The van der Waals surface area contributed by atoms with Gasteiger partial charge in [-0.2, -0.15) is 16.9 Å². The van der Waals surface area contributed by atoms with E-state index in [-0.39, 0.29) is 5.54 Å². The van der Waals surface area contributed by atoms with Gasteiger partial charge in [0.1, 0.15) is 0 Å². The summed E-state index contributed by atoms with van der Waals surface area (Å²) in [5.74, 6) is 2.49. The van der Waals surface area contributed by atoms with Crippen molar-refractivity contribution in [1.29, 1.82) is 0 Å². The van der Waals surface area contributed by atoms with Gasteiger partial charge in [-0.15, -0.1) is 0 Å². The third-order valence-electron chi connectivity index (χ3n) is 5.19. The van der Waals surface area contributed by atoms with Crippen molar-refractivity contribution in [2.45, 2.75) is 18.5 Å². The maximum atomic E-state index is 5.54. The minimum Gasteiger partial charge on any atom is -0.379 e. The zero-order valence-electron chi connectivity index (χ0n) is 14.6. The van der Waals surface area contributed by atoms with Crippen LogP contribution in [0.5, 0.6) is 0 Å². The van der Waals surface area contributed by atoms with Crippen LogP contribution in [0.15, 0.2) is 42.6 Å². The highest BCUT2D eigenvalue weighted by Crippen LogP contribution is 2.33. The van der Waals surface area contributed by atoms with Crippen molar-refractivity contribution in [2.75, 3.05) is 44.4 Å². The summed E-state index contributed by atoms with van der Waals surface area (Å²) in [4.78, 5) is 2.64. The Morgan fingerprint density at radius 1 is 1.16 bits per heavy atom. The molecule has 0 unspecified atom stereocenters. The van der Waals surface area contributed by atoms with Crippen molar-refractivity contribution in [3.8, 4) is 5.69 Å². The van der Waals surface area contributed by atoms with E-state index < -0.39 is 0 Å². The molecule has 0 spiro atoms.